The summed E-state index contributed by atoms with van der Waals surface area (Å²) in [4.78, 5) is 18.8. The molecule has 2 aromatic carbocycles. The van der Waals surface area contributed by atoms with Crippen molar-refractivity contribution in [2.75, 3.05) is 43.1 Å². The maximum Gasteiger partial charge on any atom is 0.252 e. The largest absolute Gasteiger partial charge is 0.492 e. The number of hydrogen-bond donors (Lipinski definition) is 2. The number of carbonyl (C=O) groups is 1. The number of amides is 1. The average Bonchev–Trinajstić information content (AvgIpc) is 2.76. The summed E-state index contributed by atoms with van der Waals surface area (Å²) in [6.07, 6.45) is 1.47. The molecular formula is C22H22Cl2N4O3. The molecule has 0 saturated carbocycles. The van der Waals surface area contributed by atoms with Crippen molar-refractivity contribution < 1.29 is 14.3 Å². The summed E-state index contributed by atoms with van der Waals surface area (Å²) in [5.41, 5.74) is 8.74. The number of nitrogens with zero attached hydrogens (tertiary/aromatic N) is 2. The first-order valence-electron chi connectivity index (χ1n) is 9.92. The van der Waals surface area contributed by atoms with Crippen LogP contribution in [0.1, 0.15) is 17.3 Å². The number of anilines is 3. The smallest absolute Gasteiger partial charge is 0.252 e. The Morgan fingerprint density at radius 2 is 2.00 bits per heavy atom. The third kappa shape index (κ3) is 4.49. The number of hydrogen-bond acceptors (Lipinski definition) is 6. The Balaban J connectivity index is 1.89. The van der Waals surface area contributed by atoms with Crippen LogP contribution in [0.3, 0.4) is 0 Å². The van der Waals surface area contributed by atoms with E-state index in [9.17, 15) is 4.79 Å². The molecule has 2 heterocycles. The summed E-state index contributed by atoms with van der Waals surface area (Å²) >= 11 is 12.2. The van der Waals surface area contributed by atoms with Gasteiger partial charge in [0.15, 0.2) is 0 Å². The van der Waals surface area contributed by atoms with Gasteiger partial charge >= 0.3 is 0 Å². The summed E-state index contributed by atoms with van der Waals surface area (Å²) in [7, 11) is 0. The van der Waals surface area contributed by atoms with Gasteiger partial charge in [0.2, 0.25) is 0 Å². The van der Waals surface area contributed by atoms with E-state index in [0.717, 1.165) is 29.9 Å². The molecule has 3 N–H and O–H groups in total. The Bertz CT molecular complexity index is 1130. The van der Waals surface area contributed by atoms with Gasteiger partial charge in [-0.3, -0.25) is 9.78 Å². The van der Waals surface area contributed by atoms with Crippen molar-refractivity contribution in [3.63, 3.8) is 0 Å². The fourth-order valence-corrected chi connectivity index (χ4v) is 3.87. The maximum absolute atomic E-state index is 12.2. The molecule has 1 aliphatic heterocycles. The minimum atomic E-state index is -0.584. The van der Waals surface area contributed by atoms with Crippen LogP contribution in [-0.4, -0.2) is 43.8 Å². The second-order valence-corrected chi connectivity index (χ2v) is 7.85. The Kier molecular flexibility index (Phi) is 6.36. The van der Waals surface area contributed by atoms with Gasteiger partial charge in [0.05, 0.1) is 52.3 Å². The highest BCUT2D eigenvalue weighted by molar-refractivity contribution is 6.42. The van der Waals surface area contributed by atoms with Crippen molar-refractivity contribution in [3.8, 4) is 5.75 Å². The third-order valence-corrected chi connectivity index (χ3v) is 5.79. The molecular weight excluding hydrogens is 439 g/mol. The number of nitrogens with one attached hydrogen (secondary N) is 1. The van der Waals surface area contributed by atoms with Gasteiger partial charge in [-0.15, -0.1) is 0 Å². The Morgan fingerprint density at radius 1 is 1.23 bits per heavy atom. The summed E-state index contributed by atoms with van der Waals surface area (Å²) in [5, 5.41) is 4.87. The molecule has 0 unspecified atom stereocenters. The molecule has 1 aromatic heterocycles. The van der Waals surface area contributed by atoms with Crippen LogP contribution in [0.4, 0.5) is 17.1 Å². The van der Waals surface area contributed by atoms with Crippen LogP contribution in [0.5, 0.6) is 5.75 Å². The standard InChI is InChI=1S/C22H22Cl2N4O3/c1-2-31-20-11-18-14(10-19(20)28-5-7-30-8-6-28)21(15(12-26-18)22(25)29)27-13-3-4-16(23)17(24)9-13/h3-4,9-12H,2,5-8H2,1H3,(H2,25,29)(H,26,27). The summed E-state index contributed by atoms with van der Waals surface area (Å²) in [6.45, 7) is 5.22. The number of benzene rings is 2. The third-order valence-electron chi connectivity index (χ3n) is 5.05. The molecule has 0 aliphatic carbocycles. The molecule has 1 fully saturated rings. The minimum absolute atomic E-state index is 0.274. The number of carbonyl (C=O) groups excluding carboxylic acids is 1. The van der Waals surface area contributed by atoms with Crippen LogP contribution in [0.15, 0.2) is 36.5 Å². The maximum atomic E-state index is 12.2. The second-order valence-electron chi connectivity index (χ2n) is 7.03. The number of pyridine rings is 1. The highest BCUT2D eigenvalue weighted by Gasteiger charge is 2.21. The first-order valence-corrected chi connectivity index (χ1v) is 10.7. The van der Waals surface area contributed by atoms with Gasteiger partial charge < -0.3 is 25.4 Å². The lowest BCUT2D eigenvalue weighted by Gasteiger charge is -2.30. The summed E-state index contributed by atoms with van der Waals surface area (Å²) in [6, 6.07) is 9.02. The van der Waals surface area contributed by atoms with E-state index in [1.807, 2.05) is 19.1 Å². The van der Waals surface area contributed by atoms with Crippen molar-refractivity contribution in [2.24, 2.45) is 5.73 Å². The van der Waals surface area contributed by atoms with Crippen molar-refractivity contribution in [1.29, 1.82) is 0 Å². The average molecular weight is 461 g/mol. The molecule has 3 aromatic rings. The van der Waals surface area contributed by atoms with Gasteiger partial charge in [-0.2, -0.15) is 0 Å². The molecule has 0 radical (unpaired) electrons. The molecule has 4 rings (SSSR count). The molecule has 162 valence electrons. The first-order chi connectivity index (χ1) is 15.0. The number of fused-ring (bicyclic) bond motifs is 1. The van der Waals surface area contributed by atoms with E-state index in [4.69, 9.17) is 38.4 Å². The monoisotopic (exact) mass is 460 g/mol. The predicted molar refractivity (Wildman–Crippen MR) is 124 cm³/mol. The van der Waals surface area contributed by atoms with Gasteiger partial charge in [-0.1, -0.05) is 23.2 Å². The molecule has 0 spiro atoms. The highest BCUT2D eigenvalue weighted by atomic mass is 35.5. The number of nitrogens with two attached hydrogens (primary N) is 1. The number of halogens is 2. The number of morpholine rings is 1. The Hall–Kier alpha value is -2.74. The van der Waals surface area contributed by atoms with E-state index < -0.39 is 5.91 Å². The minimum Gasteiger partial charge on any atom is -0.492 e. The van der Waals surface area contributed by atoms with Crippen LogP contribution < -0.4 is 20.7 Å². The second kappa shape index (κ2) is 9.18. The van der Waals surface area contributed by atoms with Crippen LogP contribution in [0.2, 0.25) is 10.0 Å². The van der Waals surface area contributed by atoms with Gasteiger partial charge in [-0.05, 0) is 31.2 Å². The van der Waals surface area contributed by atoms with Gasteiger partial charge in [0.1, 0.15) is 5.75 Å². The van der Waals surface area contributed by atoms with Crippen molar-refractivity contribution in [3.05, 3.63) is 52.1 Å². The van der Waals surface area contributed by atoms with E-state index in [1.165, 1.54) is 6.20 Å². The van der Waals surface area contributed by atoms with E-state index in [-0.39, 0.29) is 5.56 Å². The lowest BCUT2D eigenvalue weighted by atomic mass is 10.1. The Labute approximate surface area is 190 Å². The van der Waals surface area contributed by atoms with Crippen molar-refractivity contribution in [1.82, 2.24) is 4.98 Å². The quantitative estimate of drug-likeness (QED) is 0.557. The predicted octanol–water partition coefficient (Wildman–Crippen LogP) is 4.62. The molecule has 9 heteroatoms. The van der Waals surface area contributed by atoms with E-state index in [0.29, 0.717) is 46.8 Å². The number of ether oxygens (including phenoxy) is 2. The molecule has 0 bridgehead atoms. The zero-order valence-corrected chi connectivity index (χ0v) is 18.5. The van der Waals surface area contributed by atoms with Gasteiger partial charge in [0, 0.05) is 36.4 Å². The van der Waals surface area contributed by atoms with Crippen LogP contribution in [0, 0.1) is 0 Å². The molecule has 1 saturated heterocycles. The fraction of sp³-hybridized carbons (Fsp3) is 0.273. The molecule has 0 atom stereocenters. The molecule has 1 amide bonds. The SMILES string of the molecule is CCOc1cc2ncc(C(N)=O)c(Nc3ccc(Cl)c(Cl)c3)c2cc1N1CCOCC1. The lowest BCUT2D eigenvalue weighted by molar-refractivity contribution is 0.100. The van der Waals surface area contributed by atoms with Crippen LogP contribution in [-0.2, 0) is 4.74 Å². The zero-order chi connectivity index (χ0) is 22.0. The van der Waals surface area contributed by atoms with Crippen molar-refractivity contribution >= 4 is 57.1 Å². The fourth-order valence-electron chi connectivity index (χ4n) is 3.57. The Morgan fingerprint density at radius 3 is 2.68 bits per heavy atom. The first kappa shape index (κ1) is 21.5. The number of primary amides is 1. The number of aromatic nitrogens is 1. The van der Waals surface area contributed by atoms with E-state index in [1.54, 1.807) is 18.2 Å². The zero-order valence-electron chi connectivity index (χ0n) is 17.0. The highest BCUT2D eigenvalue weighted by Crippen LogP contribution is 2.38. The topological polar surface area (TPSA) is 89.7 Å². The lowest BCUT2D eigenvalue weighted by Crippen LogP contribution is -2.36. The van der Waals surface area contributed by atoms with Gasteiger partial charge in [0.25, 0.3) is 5.91 Å². The molecule has 1 aliphatic rings. The van der Waals surface area contributed by atoms with Crippen molar-refractivity contribution in [2.45, 2.75) is 6.92 Å². The molecule has 31 heavy (non-hydrogen) atoms. The van der Waals surface area contributed by atoms with E-state index >= 15 is 0 Å². The van der Waals surface area contributed by atoms with E-state index in [2.05, 4.69) is 15.2 Å². The normalized spacial score (nSPS) is 14.0. The summed E-state index contributed by atoms with van der Waals surface area (Å²) < 4.78 is 11.4. The number of rotatable bonds is 6. The summed E-state index contributed by atoms with van der Waals surface area (Å²) in [5.74, 6) is 0.149. The van der Waals surface area contributed by atoms with Gasteiger partial charge in [-0.25, -0.2) is 0 Å². The van der Waals surface area contributed by atoms with Crippen LogP contribution in [0.25, 0.3) is 10.9 Å². The van der Waals surface area contributed by atoms with Crippen LogP contribution >= 0.6 is 23.2 Å². The molecule has 7 nitrogen and oxygen atoms in total.